The van der Waals surface area contributed by atoms with Crippen molar-refractivity contribution < 1.29 is 9.18 Å². The van der Waals surface area contributed by atoms with E-state index >= 15 is 0 Å². The number of nitrogens with one attached hydrogen (secondary N) is 1. The van der Waals surface area contributed by atoms with Crippen molar-refractivity contribution in [2.45, 2.75) is 11.6 Å². The number of amides is 1. The zero-order chi connectivity index (χ0) is 19.4. The fraction of sp³-hybridized carbons (Fsp3) is 0.211. The Labute approximate surface area is 165 Å². The average Bonchev–Trinajstić information content (AvgIpc) is 2.61. The number of benzene rings is 2. The number of halogens is 2. The van der Waals surface area contributed by atoms with E-state index in [-0.39, 0.29) is 16.7 Å². The van der Waals surface area contributed by atoms with Crippen molar-refractivity contribution in [1.29, 1.82) is 0 Å². The van der Waals surface area contributed by atoms with Gasteiger partial charge in [0.05, 0.1) is 28.5 Å². The number of para-hydroxylation sites is 1. The molecule has 0 aliphatic rings. The summed E-state index contributed by atoms with van der Waals surface area (Å²) in [7, 11) is 3.90. The largest absolute Gasteiger partial charge is 0.324 e. The number of hydrogen-bond donors (Lipinski definition) is 1. The lowest BCUT2D eigenvalue weighted by molar-refractivity contribution is -0.113. The molecule has 1 aromatic heterocycles. The van der Waals surface area contributed by atoms with E-state index in [0.717, 1.165) is 22.0 Å². The first-order chi connectivity index (χ1) is 12.9. The van der Waals surface area contributed by atoms with Gasteiger partial charge in [-0.1, -0.05) is 41.6 Å². The Morgan fingerprint density at radius 3 is 2.74 bits per heavy atom. The number of nitrogens with zero attached hydrogens (tertiary/aromatic N) is 3. The summed E-state index contributed by atoms with van der Waals surface area (Å²) in [5.74, 6) is 0.151. The van der Waals surface area contributed by atoms with Gasteiger partial charge < -0.3 is 10.2 Å². The summed E-state index contributed by atoms with van der Waals surface area (Å²) in [4.78, 5) is 23.4. The summed E-state index contributed by atoms with van der Waals surface area (Å²) < 4.78 is 13.1. The van der Waals surface area contributed by atoms with E-state index in [1.54, 1.807) is 0 Å². The van der Waals surface area contributed by atoms with Crippen molar-refractivity contribution in [1.82, 2.24) is 14.9 Å². The topological polar surface area (TPSA) is 58.1 Å². The molecule has 0 saturated carbocycles. The van der Waals surface area contributed by atoms with Crippen LogP contribution in [0, 0.1) is 5.82 Å². The van der Waals surface area contributed by atoms with E-state index in [4.69, 9.17) is 11.6 Å². The maximum Gasteiger partial charge on any atom is 0.234 e. The number of thioether (sulfide) groups is 1. The molecule has 0 spiro atoms. The quantitative estimate of drug-likeness (QED) is 0.492. The minimum Gasteiger partial charge on any atom is -0.324 e. The second kappa shape index (κ2) is 8.65. The van der Waals surface area contributed by atoms with Crippen LogP contribution in [-0.2, 0) is 11.3 Å². The van der Waals surface area contributed by atoms with Crippen LogP contribution < -0.4 is 5.32 Å². The first-order valence-electron chi connectivity index (χ1n) is 8.20. The molecule has 1 amide bonds. The third-order valence-electron chi connectivity index (χ3n) is 3.62. The summed E-state index contributed by atoms with van der Waals surface area (Å²) in [5.41, 5.74) is 1.22. The fourth-order valence-corrected chi connectivity index (χ4v) is 3.52. The second-order valence-electron chi connectivity index (χ2n) is 6.16. The molecule has 0 bridgehead atoms. The number of hydrogen-bond acceptors (Lipinski definition) is 5. The van der Waals surface area contributed by atoms with Crippen molar-refractivity contribution in [3.63, 3.8) is 0 Å². The van der Waals surface area contributed by atoms with Crippen LogP contribution in [0.2, 0.25) is 5.02 Å². The van der Waals surface area contributed by atoms with Crippen LogP contribution in [0.3, 0.4) is 0 Å². The Hall–Kier alpha value is -2.22. The highest BCUT2D eigenvalue weighted by atomic mass is 35.5. The van der Waals surface area contributed by atoms with Gasteiger partial charge in [-0.3, -0.25) is 4.79 Å². The summed E-state index contributed by atoms with van der Waals surface area (Å²) >= 11 is 7.28. The Morgan fingerprint density at radius 1 is 1.22 bits per heavy atom. The molecule has 5 nitrogen and oxygen atoms in total. The summed E-state index contributed by atoms with van der Waals surface area (Å²) in [6, 6.07) is 11.6. The van der Waals surface area contributed by atoms with Gasteiger partial charge in [0.25, 0.3) is 0 Å². The Morgan fingerprint density at radius 2 is 2.00 bits per heavy atom. The third-order valence-corrected chi connectivity index (χ3v) is 4.92. The van der Waals surface area contributed by atoms with Gasteiger partial charge in [0.2, 0.25) is 5.91 Å². The predicted molar refractivity (Wildman–Crippen MR) is 108 cm³/mol. The number of anilines is 1. The van der Waals surface area contributed by atoms with Crippen LogP contribution in [-0.4, -0.2) is 40.6 Å². The van der Waals surface area contributed by atoms with Crippen LogP contribution in [0.25, 0.3) is 10.9 Å². The SMILES string of the molecule is CN(C)Cc1nc(SCC(=O)Nc2ccc(F)cc2Cl)c2ccccc2n1. The smallest absolute Gasteiger partial charge is 0.234 e. The number of carbonyl (C=O) groups excluding carboxylic acids is 1. The molecule has 3 aromatic rings. The summed E-state index contributed by atoms with van der Waals surface area (Å²) in [6.45, 7) is 0.607. The van der Waals surface area contributed by atoms with Crippen LogP contribution in [0.5, 0.6) is 0 Å². The van der Waals surface area contributed by atoms with Gasteiger partial charge in [0.15, 0.2) is 0 Å². The minimum absolute atomic E-state index is 0.149. The summed E-state index contributed by atoms with van der Waals surface area (Å²) in [6.07, 6.45) is 0. The lowest BCUT2D eigenvalue weighted by Crippen LogP contribution is -2.16. The highest BCUT2D eigenvalue weighted by molar-refractivity contribution is 8.00. The molecule has 0 aliphatic heterocycles. The van der Waals surface area contributed by atoms with Crippen molar-refractivity contribution in [2.75, 3.05) is 25.2 Å². The van der Waals surface area contributed by atoms with Gasteiger partial charge >= 0.3 is 0 Å². The number of aromatic nitrogens is 2. The van der Waals surface area contributed by atoms with Gasteiger partial charge in [-0.2, -0.15) is 0 Å². The summed E-state index contributed by atoms with van der Waals surface area (Å²) in [5, 5.41) is 4.50. The van der Waals surface area contributed by atoms with E-state index in [1.807, 2.05) is 43.3 Å². The Kier molecular flexibility index (Phi) is 6.26. The van der Waals surface area contributed by atoms with E-state index in [2.05, 4.69) is 15.3 Å². The molecule has 140 valence electrons. The van der Waals surface area contributed by atoms with Gasteiger partial charge in [0, 0.05) is 5.39 Å². The lowest BCUT2D eigenvalue weighted by atomic mass is 10.2. The molecule has 0 unspecified atom stereocenters. The van der Waals surface area contributed by atoms with Crippen LogP contribution >= 0.6 is 23.4 Å². The predicted octanol–water partition coefficient (Wildman–Crippen LogP) is 4.21. The van der Waals surface area contributed by atoms with Crippen molar-refractivity contribution in [3.05, 3.63) is 59.1 Å². The average molecular weight is 405 g/mol. The first-order valence-corrected chi connectivity index (χ1v) is 9.57. The van der Waals surface area contributed by atoms with Crippen molar-refractivity contribution >= 4 is 45.9 Å². The molecular formula is C19H18ClFN4OS. The molecule has 0 fully saturated rings. The maximum absolute atomic E-state index is 13.1. The number of fused-ring (bicyclic) bond motifs is 1. The molecule has 27 heavy (non-hydrogen) atoms. The number of rotatable bonds is 6. The minimum atomic E-state index is -0.451. The van der Waals surface area contributed by atoms with Crippen molar-refractivity contribution in [2.24, 2.45) is 0 Å². The molecular weight excluding hydrogens is 387 g/mol. The third kappa shape index (κ3) is 5.15. The standard InChI is InChI=1S/C19H18ClFN4OS/c1-25(2)10-17-22-15-6-4-3-5-13(15)19(24-17)27-11-18(26)23-16-8-7-12(21)9-14(16)20/h3-9H,10-11H2,1-2H3,(H,23,26). The number of carbonyl (C=O) groups is 1. The van der Waals surface area contributed by atoms with Gasteiger partial charge in [-0.15, -0.1) is 0 Å². The Bertz CT molecular complexity index is 983. The second-order valence-corrected chi connectivity index (χ2v) is 7.53. The van der Waals surface area contributed by atoms with Gasteiger partial charge in [0.1, 0.15) is 16.7 Å². The van der Waals surface area contributed by atoms with Crippen LogP contribution in [0.1, 0.15) is 5.82 Å². The molecule has 0 atom stereocenters. The van der Waals surface area contributed by atoms with Gasteiger partial charge in [-0.25, -0.2) is 14.4 Å². The molecule has 1 N–H and O–H groups in total. The molecule has 0 saturated heterocycles. The fourth-order valence-electron chi connectivity index (χ4n) is 2.47. The van der Waals surface area contributed by atoms with Crippen LogP contribution in [0.15, 0.2) is 47.5 Å². The zero-order valence-corrected chi connectivity index (χ0v) is 16.4. The maximum atomic E-state index is 13.1. The van der Waals surface area contributed by atoms with E-state index < -0.39 is 5.82 Å². The normalized spacial score (nSPS) is 11.1. The molecule has 0 aliphatic carbocycles. The van der Waals surface area contributed by atoms with E-state index in [1.165, 1.54) is 23.9 Å². The first kappa shape index (κ1) is 19.5. The molecule has 8 heteroatoms. The van der Waals surface area contributed by atoms with E-state index in [9.17, 15) is 9.18 Å². The highest BCUT2D eigenvalue weighted by Gasteiger charge is 2.12. The van der Waals surface area contributed by atoms with E-state index in [0.29, 0.717) is 18.1 Å². The van der Waals surface area contributed by atoms with Crippen LogP contribution in [0.4, 0.5) is 10.1 Å². The molecule has 2 aromatic carbocycles. The van der Waals surface area contributed by atoms with Crippen molar-refractivity contribution in [3.8, 4) is 0 Å². The highest BCUT2D eigenvalue weighted by Crippen LogP contribution is 2.27. The monoisotopic (exact) mass is 404 g/mol. The van der Waals surface area contributed by atoms with Gasteiger partial charge in [-0.05, 0) is 38.4 Å². The molecule has 3 rings (SSSR count). The molecule has 0 radical (unpaired) electrons. The Balaban J connectivity index is 1.76. The molecule has 1 heterocycles. The lowest BCUT2D eigenvalue weighted by Gasteiger charge is -2.12. The zero-order valence-electron chi connectivity index (χ0n) is 14.9.